The highest BCUT2D eigenvalue weighted by atomic mass is 16.2. The summed E-state index contributed by atoms with van der Waals surface area (Å²) in [5.74, 6) is 2.39. The second kappa shape index (κ2) is 7.99. The average Bonchev–Trinajstić information content (AvgIpc) is 2.62. The van der Waals surface area contributed by atoms with Crippen LogP contribution in [-0.2, 0) is 9.59 Å². The van der Waals surface area contributed by atoms with Crippen molar-refractivity contribution in [2.45, 2.75) is 77.8 Å². The van der Waals surface area contributed by atoms with Gasteiger partial charge in [0, 0.05) is 11.2 Å². The van der Waals surface area contributed by atoms with Crippen molar-refractivity contribution in [3.8, 4) is 0 Å². The minimum absolute atomic E-state index is 0.0132. The highest BCUT2D eigenvalue weighted by molar-refractivity contribution is 5.94. The zero-order chi connectivity index (χ0) is 21.6. The summed E-state index contributed by atoms with van der Waals surface area (Å²) in [6.07, 6.45) is 7.53. The molecule has 0 radical (unpaired) electrons. The van der Waals surface area contributed by atoms with Gasteiger partial charge in [-0.1, -0.05) is 17.7 Å². The predicted molar refractivity (Wildman–Crippen MR) is 120 cm³/mol. The third-order valence-electron chi connectivity index (χ3n) is 7.80. The molecule has 0 saturated heterocycles. The summed E-state index contributed by atoms with van der Waals surface area (Å²) in [7, 11) is 1.86. The third kappa shape index (κ3) is 4.27. The Kier molecular flexibility index (Phi) is 5.69. The molecule has 4 fully saturated rings. The van der Waals surface area contributed by atoms with Crippen molar-refractivity contribution in [1.82, 2.24) is 10.2 Å². The van der Waals surface area contributed by atoms with Gasteiger partial charge >= 0.3 is 0 Å². The molecule has 0 heterocycles. The molecular weight excluding hydrogens is 374 g/mol. The SMILES string of the molecule is Cc1cc(C)c(NC(=O)CN(C)[C@H](C)C(=O)NC23CC4CC(CC(C4)C2)C3)c(C)c1. The fourth-order valence-electron chi connectivity index (χ4n) is 6.75. The molecule has 4 aliphatic carbocycles. The van der Waals surface area contributed by atoms with E-state index in [1.165, 1.54) is 24.8 Å². The van der Waals surface area contributed by atoms with E-state index in [-0.39, 0.29) is 29.9 Å². The molecule has 1 atom stereocenters. The lowest BCUT2D eigenvalue weighted by molar-refractivity contribution is -0.131. The molecule has 164 valence electrons. The molecule has 0 spiro atoms. The summed E-state index contributed by atoms with van der Waals surface area (Å²) < 4.78 is 0. The van der Waals surface area contributed by atoms with Crippen molar-refractivity contribution in [3.63, 3.8) is 0 Å². The summed E-state index contributed by atoms with van der Waals surface area (Å²) in [6.45, 7) is 8.19. The first-order valence-electron chi connectivity index (χ1n) is 11.5. The first kappa shape index (κ1) is 21.4. The Balaban J connectivity index is 1.34. The first-order valence-corrected chi connectivity index (χ1v) is 11.5. The number of nitrogens with zero attached hydrogens (tertiary/aromatic N) is 1. The van der Waals surface area contributed by atoms with Gasteiger partial charge in [0.2, 0.25) is 11.8 Å². The van der Waals surface area contributed by atoms with E-state index in [9.17, 15) is 9.59 Å². The molecule has 0 aliphatic heterocycles. The molecule has 5 heteroatoms. The molecule has 2 amide bonds. The number of carbonyl (C=O) groups excluding carboxylic acids is 2. The van der Waals surface area contributed by atoms with E-state index < -0.39 is 0 Å². The number of amides is 2. The van der Waals surface area contributed by atoms with Crippen molar-refractivity contribution in [2.75, 3.05) is 18.9 Å². The summed E-state index contributed by atoms with van der Waals surface area (Å²) in [5, 5.41) is 6.48. The molecule has 1 aromatic carbocycles. The lowest BCUT2D eigenvalue weighted by Gasteiger charge is -2.57. The lowest BCUT2D eigenvalue weighted by Crippen LogP contribution is -2.62. The second-order valence-electron chi connectivity index (χ2n) is 10.6. The van der Waals surface area contributed by atoms with Crippen LogP contribution in [0.1, 0.15) is 62.1 Å². The smallest absolute Gasteiger partial charge is 0.238 e. The van der Waals surface area contributed by atoms with Gasteiger partial charge in [-0.05, 0) is 102 Å². The lowest BCUT2D eigenvalue weighted by atomic mass is 9.53. The standard InChI is InChI=1S/C25H37N3O2/c1-15-6-16(2)23(17(3)7-15)26-22(29)14-28(5)18(4)24(30)27-25-11-19-8-20(12-25)10-21(9-19)13-25/h6-7,18-21H,8-14H2,1-5H3,(H,26,29)(H,27,30)/t18-,19?,20?,21?,25?/m1/s1. The van der Waals surface area contributed by atoms with Crippen molar-refractivity contribution in [1.29, 1.82) is 0 Å². The number of carbonyl (C=O) groups is 2. The van der Waals surface area contributed by atoms with Crippen LogP contribution < -0.4 is 10.6 Å². The Bertz CT molecular complexity index is 789. The molecule has 30 heavy (non-hydrogen) atoms. The van der Waals surface area contributed by atoms with E-state index in [1.54, 1.807) is 0 Å². The maximum atomic E-state index is 13.1. The summed E-state index contributed by atoms with van der Waals surface area (Å²) >= 11 is 0. The van der Waals surface area contributed by atoms with Crippen LogP contribution in [0, 0.1) is 38.5 Å². The number of anilines is 1. The summed E-state index contributed by atoms with van der Waals surface area (Å²) in [5.41, 5.74) is 4.21. The first-order chi connectivity index (χ1) is 14.1. The summed E-state index contributed by atoms with van der Waals surface area (Å²) in [6, 6.07) is 3.82. The van der Waals surface area contributed by atoms with E-state index in [0.717, 1.165) is 53.8 Å². The Morgan fingerprint density at radius 2 is 1.53 bits per heavy atom. The van der Waals surface area contributed by atoms with Crippen LogP contribution in [-0.4, -0.2) is 41.9 Å². The van der Waals surface area contributed by atoms with E-state index in [1.807, 2.05) is 32.7 Å². The van der Waals surface area contributed by atoms with Gasteiger partial charge in [-0.25, -0.2) is 0 Å². The Morgan fingerprint density at radius 3 is 2.03 bits per heavy atom. The molecule has 1 aromatic rings. The monoisotopic (exact) mass is 411 g/mol. The van der Waals surface area contributed by atoms with Gasteiger partial charge in [-0.2, -0.15) is 0 Å². The Labute approximate surface area is 181 Å². The van der Waals surface area contributed by atoms with E-state index in [0.29, 0.717) is 0 Å². The van der Waals surface area contributed by atoms with Gasteiger partial charge in [0.05, 0.1) is 12.6 Å². The number of aryl methyl sites for hydroxylation is 3. The Hall–Kier alpha value is -1.88. The van der Waals surface area contributed by atoms with E-state index >= 15 is 0 Å². The maximum absolute atomic E-state index is 13.1. The number of likely N-dealkylation sites (N-methyl/N-ethyl adjacent to an activating group) is 1. The highest BCUT2D eigenvalue weighted by Gasteiger charge is 2.51. The fourth-order valence-corrected chi connectivity index (χ4v) is 6.75. The third-order valence-corrected chi connectivity index (χ3v) is 7.80. The minimum atomic E-state index is -0.330. The zero-order valence-corrected chi connectivity index (χ0v) is 19.2. The molecular formula is C25H37N3O2. The number of nitrogens with one attached hydrogen (secondary N) is 2. The molecule has 4 saturated carbocycles. The van der Waals surface area contributed by atoms with Gasteiger partial charge in [0.25, 0.3) is 0 Å². The van der Waals surface area contributed by atoms with Gasteiger partial charge in [-0.3, -0.25) is 14.5 Å². The maximum Gasteiger partial charge on any atom is 0.238 e. The summed E-state index contributed by atoms with van der Waals surface area (Å²) in [4.78, 5) is 27.6. The van der Waals surface area contributed by atoms with Gasteiger partial charge < -0.3 is 10.6 Å². The van der Waals surface area contributed by atoms with Crippen LogP contribution in [0.4, 0.5) is 5.69 Å². The number of benzene rings is 1. The average molecular weight is 412 g/mol. The van der Waals surface area contributed by atoms with Crippen molar-refractivity contribution >= 4 is 17.5 Å². The van der Waals surface area contributed by atoms with Gasteiger partial charge in [0.1, 0.15) is 0 Å². The van der Waals surface area contributed by atoms with Crippen LogP contribution in [0.2, 0.25) is 0 Å². The fraction of sp³-hybridized carbons (Fsp3) is 0.680. The number of hydrogen-bond acceptors (Lipinski definition) is 3. The van der Waals surface area contributed by atoms with Crippen LogP contribution >= 0.6 is 0 Å². The predicted octanol–water partition coefficient (Wildman–Crippen LogP) is 3.96. The molecule has 5 nitrogen and oxygen atoms in total. The molecule has 5 rings (SSSR count). The van der Waals surface area contributed by atoms with Gasteiger partial charge in [0.15, 0.2) is 0 Å². The van der Waals surface area contributed by atoms with Crippen LogP contribution in [0.3, 0.4) is 0 Å². The van der Waals surface area contributed by atoms with Crippen molar-refractivity contribution in [3.05, 3.63) is 28.8 Å². The van der Waals surface area contributed by atoms with Crippen molar-refractivity contribution in [2.24, 2.45) is 17.8 Å². The second-order valence-corrected chi connectivity index (χ2v) is 10.6. The van der Waals surface area contributed by atoms with Crippen LogP contribution in [0.25, 0.3) is 0 Å². The normalized spacial score (nSPS) is 30.4. The number of rotatable bonds is 6. The molecule has 4 bridgehead atoms. The van der Waals surface area contributed by atoms with E-state index in [2.05, 4.69) is 29.7 Å². The molecule has 2 N–H and O–H groups in total. The van der Waals surface area contributed by atoms with Crippen LogP contribution in [0.5, 0.6) is 0 Å². The Morgan fingerprint density at radius 1 is 1.03 bits per heavy atom. The highest BCUT2D eigenvalue weighted by Crippen LogP contribution is 2.55. The molecule has 0 unspecified atom stereocenters. The quantitative estimate of drug-likeness (QED) is 0.745. The van der Waals surface area contributed by atoms with E-state index in [4.69, 9.17) is 0 Å². The largest absolute Gasteiger partial charge is 0.349 e. The van der Waals surface area contributed by atoms with Crippen LogP contribution in [0.15, 0.2) is 12.1 Å². The minimum Gasteiger partial charge on any atom is -0.349 e. The topological polar surface area (TPSA) is 61.4 Å². The number of hydrogen-bond donors (Lipinski definition) is 2. The van der Waals surface area contributed by atoms with Crippen molar-refractivity contribution < 1.29 is 9.59 Å². The zero-order valence-electron chi connectivity index (χ0n) is 19.2. The molecule has 0 aromatic heterocycles. The molecule has 4 aliphatic rings. The van der Waals surface area contributed by atoms with Gasteiger partial charge in [-0.15, -0.1) is 0 Å².